The van der Waals surface area contributed by atoms with Gasteiger partial charge in [-0.25, -0.2) is 12.8 Å². The van der Waals surface area contributed by atoms with E-state index in [0.717, 1.165) is 10.4 Å². The topological polar surface area (TPSA) is 110 Å². The molecule has 0 unspecified atom stereocenters. The van der Waals surface area contributed by atoms with Crippen LogP contribution in [0.5, 0.6) is 5.75 Å². The first-order valence-corrected chi connectivity index (χ1v) is 10.1. The maximum atomic E-state index is 13.9. The molecule has 3 rings (SSSR count). The monoisotopic (exact) mass is 423 g/mol. The summed E-state index contributed by atoms with van der Waals surface area (Å²) in [5.41, 5.74) is -0.0872. The van der Waals surface area contributed by atoms with Gasteiger partial charge in [-0.1, -0.05) is 12.1 Å². The minimum absolute atomic E-state index is 0.0416. The summed E-state index contributed by atoms with van der Waals surface area (Å²) in [6.07, 6.45) is 0. The molecule has 2 aromatic carbocycles. The molecule has 0 N–H and O–H groups in total. The van der Waals surface area contributed by atoms with Gasteiger partial charge < -0.3 is 9.64 Å². The number of hydrogen-bond donors (Lipinski definition) is 0. The van der Waals surface area contributed by atoms with E-state index in [1.54, 1.807) is 0 Å². The van der Waals surface area contributed by atoms with Crippen molar-refractivity contribution in [3.8, 4) is 5.75 Å². The van der Waals surface area contributed by atoms with E-state index in [0.29, 0.717) is 5.75 Å². The number of carbonyl (C=O) groups excluding carboxylic acids is 1. The average molecular weight is 423 g/mol. The zero-order valence-corrected chi connectivity index (χ0v) is 16.0. The molecular weight excluding hydrogens is 405 g/mol. The number of nitro benzene ring substituents is 1. The first kappa shape index (κ1) is 20.7. The number of sulfonamides is 1. The SMILES string of the molecule is O=C(COc1ccc([N+](=O)[O-])cc1)N1CCN(S(=O)(=O)c2ccccc2F)CC1. The van der Waals surface area contributed by atoms with Gasteiger partial charge >= 0.3 is 0 Å². The molecule has 11 heteroatoms. The van der Waals surface area contributed by atoms with Gasteiger partial charge in [0.1, 0.15) is 16.5 Å². The van der Waals surface area contributed by atoms with E-state index in [1.165, 1.54) is 47.4 Å². The number of non-ortho nitro benzene ring substituents is 1. The summed E-state index contributed by atoms with van der Waals surface area (Å²) in [6.45, 7) is 0.101. The molecule has 1 amide bonds. The summed E-state index contributed by atoms with van der Waals surface area (Å²) in [5.74, 6) is -0.849. The van der Waals surface area contributed by atoms with Crippen LogP contribution >= 0.6 is 0 Å². The van der Waals surface area contributed by atoms with Crippen molar-refractivity contribution in [3.05, 3.63) is 64.5 Å². The Hall–Kier alpha value is -3.05. The Morgan fingerprint density at radius 3 is 2.28 bits per heavy atom. The zero-order valence-electron chi connectivity index (χ0n) is 15.2. The number of piperazine rings is 1. The summed E-state index contributed by atoms with van der Waals surface area (Å²) in [6, 6.07) is 10.5. The second-order valence-corrected chi connectivity index (χ2v) is 8.16. The van der Waals surface area contributed by atoms with E-state index in [9.17, 15) is 27.7 Å². The largest absolute Gasteiger partial charge is 0.484 e. The van der Waals surface area contributed by atoms with Crippen LogP contribution in [0.2, 0.25) is 0 Å². The fourth-order valence-electron chi connectivity index (χ4n) is 2.87. The highest BCUT2D eigenvalue weighted by Crippen LogP contribution is 2.21. The minimum atomic E-state index is -3.97. The molecule has 154 valence electrons. The summed E-state index contributed by atoms with van der Waals surface area (Å²) in [7, 11) is -3.97. The normalized spacial score (nSPS) is 15.1. The fraction of sp³-hybridized carbons (Fsp3) is 0.278. The number of amides is 1. The highest BCUT2D eigenvalue weighted by molar-refractivity contribution is 7.89. The standard InChI is InChI=1S/C18H18FN3O6S/c19-16-3-1-2-4-17(16)29(26,27)21-11-9-20(10-12-21)18(23)13-28-15-7-5-14(6-8-15)22(24)25/h1-8H,9-13H2. The van der Waals surface area contributed by atoms with Crippen molar-refractivity contribution in [1.82, 2.24) is 9.21 Å². The van der Waals surface area contributed by atoms with Gasteiger partial charge in [-0.15, -0.1) is 0 Å². The van der Waals surface area contributed by atoms with Crippen molar-refractivity contribution in [3.63, 3.8) is 0 Å². The predicted molar refractivity (Wildman–Crippen MR) is 100 cm³/mol. The first-order valence-electron chi connectivity index (χ1n) is 8.69. The molecule has 29 heavy (non-hydrogen) atoms. The van der Waals surface area contributed by atoms with Crippen LogP contribution in [0.25, 0.3) is 0 Å². The smallest absolute Gasteiger partial charge is 0.269 e. The molecule has 9 nitrogen and oxygen atoms in total. The molecule has 2 aromatic rings. The van der Waals surface area contributed by atoms with Gasteiger partial charge in [-0.05, 0) is 24.3 Å². The van der Waals surface area contributed by atoms with Gasteiger partial charge in [0, 0.05) is 38.3 Å². The predicted octanol–water partition coefficient (Wildman–Crippen LogP) is 1.65. The molecule has 1 aliphatic rings. The van der Waals surface area contributed by atoms with Gasteiger partial charge in [-0.2, -0.15) is 4.31 Å². The minimum Gasteiger partial charge on any atom is -0.484 e. The van der Waals surface area contributed by atoms with E-state index in [2.05, 4.69) is 0 Å². The van der Waals surface area contributed by atoms with Crippen molar-refractivity contribution in [2.24, 2.45) is 0 Å². The van der Waals surface area contributed by atoms with Gasteiger partial charge in [0.2, 0.25) is 10.0 Å². The molecule has 0 atom stereocenters. The number of halogens is 1. The van der Waals surface area contributed by atoms with E-state index in [4.69, 9.17) is 4.74 Å². The number of ether oxygens (including phenoxy) is 1. The number of carbonyl (C=O) groups is 1. The number of nitro groups is 1. The van der Waals surface area contributed by atoms with Crippen LogP contribution in [0.15, 0.2) is 53.4 Å². The van der Waals surface area contributed by atoms with Gasteiger partial charge in [0.15, 0.2) is 6.61 Å². The lowest BCUT2D eigenvalue weighted by Crippen LogP contribution is -2.51. The lowest BCUT2D eigenvalue weighted by molar-refractivity contribution is -0.384. The van der Waals surface area contributed by atoms with E-state index in [1.807, 2.05) is 0 Å². The van der Waals surface area contributed by atoms with Crippen LogP contribution in [0.4, 0.5) is 10.1 Å². The van der Waals surface area contributed by atoms with Gasteiger partial charge in [-0.3, -0.25) is 14.9 Å². The molecule has 1 saturated heterocycles. The Morgan fingerprint density at radius 1 is 1.07 bits per heavy atom. The molecule has 0 radical (unpaired) electrons. The van der Waals surface area contributed by atoms with Crippen LogP contribution in [-0.2, 0) is 14.8 Å². The Kier molecular flexibility index (Phi) is 6.09. The summed E-state index contributed by atoms with van der Waals surface area (Å²) < 4.78 is 45.5. The van der Waals surface area contributed by atoms with Gasteiger partial charge in [0.05, 0.1) is 4.92 Å². The quantitative estimate of drug-likeness (QED) is 0.516. The second kappa shape index (κ2) is 8.53. The van der Waals surface area contributed by atoms with E-state index < -0.39 is 20.8 Å². The van der Waals surface area contributed by atoms with Crippen molar-refractivity contribution in [1.29, 1.82) is 0 Å². The fourth-order valence-corrected chi connectivity index (χ4v) is 4.36. The van der Waals surface area contributed by atoms with Crippen LogP contribution < -0.4 is 4.74 Å². The van der Waals surface area contributed by atoms with Gasteiger partial charge in [0.25, 0.3) is 11.6 Å². The second-order valence-electron chi connectivity index (χ2n) is 6.25. The number of nitrogens with zero attached hydrogens (tertiary/aromatic N) is 3. The lowest BCUT2D eigenvalue weighted by Gasteiger charge is -2.34. The Morgan fingerprint density at radius 2 is 1.69 bits per heavy atom. The molecule has 0 aromatic heterocycles. The first-order chi connectivity index (χ1) is 13.8. The average Bonchev–Trinajstić information content (AvgIpc) is 2.72. The van der Waals surface area contributed by atoms with E-state index >= 15 is 0 Å². The molecule has 1 fully saturated rings. The zero-order chi connectivity index (χ0) is 21.0. The Labute approximate surface area is 166 Å². The maximum absolute atomic E-state index is 13.9. The Balaban J connectivity index is 1.54. The van der Waals surface area contributed by atoms with E-state index in [-0.39, 0.29) is 49.3 Å². The molecule has 0 bridgehead atoms. The number of benzene rings is 2. The summed E-state index contributed by atoms with van der Waals surface area (Å²) in [4.78, 5) is 23.5. The van der Waals surface area contributed by atoms with Crippen molar-refractivity contribution in [2.75, 3.05) is 32.8 Å². The van der Waals surface area contributed by atoms with Crippen molar-refractivity contribution in [2.45, 2.75) is 4.90 Å². The molecule has 0 saturated carbocycles. The molecule has 0 aliphatic carbocycles. The lowest BCUT2D eigenvalue weighted by atomic mass is 10.3. The Bertz CT molecular complexity index is 1000. The highest BCUT2D eigenvalue weighted by Gasteiger charge is 2.31. The molecule has 1 heterocycles. The molecule has 0 spiro atoms. The van der Waals surface area contributed by atoms with Crippen LogP contribution in [0, 0.1) is 15.9 Å². The molecule has 1 aliphatic heterocycles. The third kappa shape index (κ3) is 4.69. The van der Waals surface area contributed by atoms with Crippen LogP contribution in [0.1, 0.15) is 0 Å². The summed E-state index contributed by atoms with van der Waals surface area (Å²) >= 11 is 0. The van der Waals surface area contributed by atoms with Crippen LogP contribution in [-0.4, -0.2) is 61.2 Å². The number of rotatable bonds is 6. The maximum Gasteiger partial charge on any atom is 0.269 e. The third-order valence-electron chi connectivity index (χ3n) is 4.46. The highest BCUT2D eigenvalue weighted by atomic mass is 32.2. The third-order valence-corrected chi connectivity index (χ3v) is 6.39. The van der Waals surface area contributed by atoms with Crippen molar-refractivity contribution >= 4 is 21.6 Å². The number of hydrogen-bond acceptors (Lipinski definition) is 6. The molecular formula is C18H18FN3O6S. The van der Waals surface area contributed by atoms with Crippen molar-refractivity contribution < 1.29 is 27.3 Å². The van der Waals surface area contributed by atoms with Crippen LogP contribution in [0.3, 0.4) is 0 Å². The summed E-state index contributed by atoms with van der Waals surface area (Å²) in [5, 5.41) is 10.6.